The fraction of sp³-hybridized carbons (Fsp3) is 0.143. The van der Waals surface area contributed by atoms with E-state index in [9.17, 15) is 0 Å². The molecule has 0 amide bonds. The standard InChI is InChI=1S/C14H11ClS/c1-9(15)10-6-7-14-12(8-10)11-4-2-3-5-13(11)16-14/h2-9H,1H3. The van der Waals surface area contributed by atoms with Crippen LogP contribution >= 0.6 is 22.9 Å². The predicted octanol–water partition coefficient (Wildman–Crippen LogP) is 5.35. The summed E-state index contributed by atoms with van der Waals surface area (Å²) in [5.41, 5.74) is 1.19. The number of fused-ring (bicyclic) bond motifs is 3. The minimum absolute atomic E-state index is 0.0723. The first-order chi connectivity index (χ1) is 7.75. The third kappa shape index (κ3) is 1.51. The lowest BCUT2D eigenvalue weighted by atomic mass is 10.1. The van der Waals surface area contributed by atoms with Crippen LogP contribution < -0.4 is 0 Å². The summed E-state index contributed by atoms with van der Waals surface area (Å²) in [6, 6.07) is 15.0. The van der Waals surface area contributed by atoms with Crippen molar-refractivity contribution in [2.24, 2.45) is 0 Å². The Morgan fingerprint density at radius 3 is 2.56 bits per heavy atom. The number of alkyl halides is 1. The molecule has 0 aliphatic carbocycles. The van der Waals surface area contributed by atoms with Crippen LogP contribution in [-0.4, -0.2) is 0 Å². The van der Waals surface area contributed by atoms with Gasteiger partial charge >= 0.3 is 0 Å². The molecule has 0 fully saturated rings. The van der Waals surface area contributed by atoms with E-state index in [0.717, 1.165) is 0 Å². The lowest BCUT2D eigenvalue weighted by Crippen LogP contribution is -1.82. The van der Waals surface area contributed by atoms with Gasteiger partial charge in [0, 0.05) is 20.2 Å². The maximum absolute atomic E-state index is 6.13. The number of rotatable bonds is 1. The summed E-state index contributed by atoms with van der Waals surface area (Å²) in [6.07, 6.45) is 0. The van der Waals surface area contributed by atoms with E-state index in [4.69, 9.17) is 11.6 Å². The quantitative estimate of drug-likeness (QED) is 0.508. The van der Waals surface area contributed by atoms with Crippen LogP contribution in [0.1, 0.15) is 17.9 Å². The number of halogens is 1. The van der Waals surface area contributed by atoms with Gasteiger partial charge in [-0.3, -0.25) is 0 Å². The van der Waals surface area contributed by atoms with Crippen molar-refractivity contribution in [3.05, 3.63) is 48.0 Å². The number of hydrogen-bond acceptors (Lipinski definition) is 1. The molecule has 1 heterocycles. The highest BCUT2D eigenvalue weighted by Gasteiger charge is 2.07. The summed E-state index contributed by atoms with van der Waals surface area (Å²) in [5, 5.41) is 2.73. The molecule has 0 saturated carbocycles. The van der Waals surface area contributed by atoms with Gasteiger partial charge in [-0.15, -0.1) is 22.9 Å². The molecule has 80 valence electrons. The Bertz CT molecular complexity index is 652. The third-order valence-electron chi connectivity index (χ3n) is 2.86. The number of thiophene rings is 1. The SMILES string of the molecule is CC(Cl)c1ccc2sc3ccccc3c2c1. The average Bonchev–Trinajstić information content (AvgIpc) is 2.66. The van der Waals surface area contributed by atoms with E-state index in [0.29, 0.717) is 0 Å². The second-order valence-corrected chi connectivity index (χ2v) is 5.71. The van der Waals surface area contributed by atoms with Crippen LogP contribution in [-0.2, 0) is 0 Å². The van der Waals surface area contributed by atoms with Crippen molar-refractivity contribution in [2.45, 2.75) is 12.3 Å². The highest BCUT2D eigenvalue weighted by atomic mass is 35.5. The van der Waals surface area contributed by atoms with Gasteiger partial charge in [-0.05, 0) is 30.7 Å². The Morgan fingerprint density at radius 1 is 1.00 bits per heavy atom. The van der Waals surface area contributed by atoms with E-state index in [2.05, 4.69) is 42.5 Å². The molecule has 1 unspecified atom stereocenters. The molecule has 0 aliphatic rings. The predicted molar refractivity (Wildman–Crippen MR) is 73.6 cm³/mol. The zero-order chi connectivity index (χ0) is 11.1. The number of benzene rings is 2. The lowest BCUT2D eigenvalue weighted by molar-refractivity contribution is 1.09. The molecule has 0 saturated heterocycles. The van der Waals surface area contributed by atoms with Crippen LogP contribution in [0.5, 0.6) is 0 Å². The summed E-state index contributed by atoms with van der Waals surface area (Å²) < 4.78 is 2.68. The van der Waals surface area contributed by atoms with E-state index < -0.39 is 0 Å². The molecule has 0 N–H and O–H groups in total. The molecule has 0 spiro atoms. The van der Waals surface area contributed by atoms with Crippen LogP contribution in [0.25, 0.3) is 20.2 Å². The van der Waals surface area contributed by atoms with Gasteiger partial charge in [-0.1, -0.05) is 24.3 Å². The normalized spacial score (nSPS) is 13.4. The molecular weight excluding hydrogens is 236 g/mol. The Kier molecular flexibility index (Phi) is 2.38. The van der Waals surface area contributed by atoms with Gasteiger partial charge < -0.3 is 0 Å². The van der Waals surface area contributed by atoms with Gasteiger partial charge in [0.1, 0.15) is 0 Å². The first-order valence-electron chi connectivity index (χ1n) is 5.31. The van der Waals surface area contributed by atoms with E-state index in [-0.39, 0.29) is 5.38 Å². The summed E-state index contributed by atoms with van der Waals surface area (Å²) in [4.78, 5) is 0. The highest BCUT2D eigenvalue weighted by molar-refractivity contribution is 7.25. The molecule has 1 aromatic heterocycles. The largest absolute Gasteiger partial charge is 0.135 e. The van der Waals surface area contributed by atoms with Crippen LogP contribution in [0.15, 0.2) is 42.5 Å². The maximum atomic E-state index is 6.13. The summed E-state index contributed by atoms with van der Waals surface area (Å²) in [7, 11) is 0. The molecule has 0 radical (unpaired) electrons. The first kappa shape index (κ1) is 10.1. The molecule has 2 heteroatoms. The zero-order valence-corrected chi connectivity index (χ0v) is 10.5. The van der Waals surface area contributed by atoms with Crippen molar-refractivity contribution in [1.29, 1.82) is 0 Å². The molecule has 0 bridgehead atoms. The molecular formula is C14H11ClS. The van der Waals surface area contributed by atoms with Gasteiger partial charge in [0.25, 0.3) is 0 Å². The minimum Gasteiger partial charge on any atom is -0.135 e. The van der Waals surface area contributed by atoms with Gasteiger partial charge in [-0.2, -0.15) is 0 Å². The van der Waals surface area contributed by atoms with Crippen molar-refractivity contribution >= 4 is 43.1 Å². The average molecular weight is 247 g/mol. The van der Waals surface area contributed by atoms with Crippen molar-refractivity contribution < 1.29 is 0 Å². The third-order valence-corrected chi connectivity index (χ3v) is 4.26. The van der Waals surface area contributed by atoms with Crippen molar-refractivity contribution in [3.8, 4) is 0 Å². The Balaban J connectivity index is 2.40. The summed E-state index contributed by atoms with van der Waals surface area (Å²) in [5.74, 6) is 0. The monoisotopic (exact) mass is 246 g/mol. The van der Waals surface area contributed by atoms with Gasteiger partial charge in [0.15, 0.2) is 0 Å². The molecule has 2 aromatic carbocycles. The molecule has 0 nitrogen and oxygen atoms in total. The van der Waals surface area contributed by atoms with E-state index in [1.54, 1.807) is 0 Å². The lowest BCUT2D eigenvalue weighted by Gasteiger charge is -2.02. The zero-order valence-electron chi connectivity index (χ0n) is 8.91. The van der Waals surface area contributed by atoms with Crippen molar-refractivity contribution in [1.82, 2.24) is 0 Å². The highest BCUT2D eigenvalue weighted by Crippen LogP contribution is 2.35. The van der Waals surface area contributed by atoms with Gasteiger partial charge in [0.05, 0.1) is 5.38 Å². The first-order valence-corrected chi connectivity index (χ1v) is 6.56. The van der Waals surface area contributed by atoms with Gasteiger partial charge in [-0.25, -0.2) is 0 Å². The van der Waals surface area contributed by atoms with Gasteiger partial charge in [0.2, 0.25) is 0 Å². The Morgan fingerprint density at radius 2 is 1.75 bits per heavy atom. The Hall–Kier alpha value is -1.05. The van der Waals surface area contributed by atoms with Crippen molar-refractivity contribution in [3.63, 3.8) is 0 Å². The molecule has 1 atom stereocenters. The van der Waals surface area contributed by atoms with Crippen LogP contribution in [0.2, 0.25) is 0 Å². The summed E-state index contributed by atoms with van der Waals surface area (Å²) >= 11 is 7.96. The van der Waals surface area contributed by atoms with Crippen LogP contribution in [0.4, 0.5) is 0 Å². The fourth-order valence-corrected chi connectivity index (χ4v) is 3.21. The second kappa shape index (κ2) is 3.76. The second-order valence-electron chi connectivity index (χ2n) is 3.97. The van der Waals surface area contributed by atoms with Crippen LogP contribution in [0, 0.1) is 0 Å². The molecule has 0 aliphatic heterocycles. The molecule has 3 aromatic rings. The van der Waals surface area contributed by atoms with Crippen LogP contribution in [0.3, 0.4) is 0 Å². The smallest absolute Gasteiger partial charge is 0.0557 e. The molecule has 3 rings (SSSR count). The molecule has 16 heavy (non-hydrogen) atoms. The van der Waals surface area contributed by atoms with E-state index in [1.807, 2.05) is 18.3 Å². The fourth-order valence-electron chi connectivity index (χ4n) is 1.99. The minimum atomic E-state index is 0.0723. The number of hydrogen-bond donors (Lipinski definition) is 0. The van der Waals surface area contributed by atoms with E-state index >= 15 is 0 Å². The topological polar surface area (TPSA) is 0 Å². The van der Waals surface area contributed by atoms with Crippen molar-refractivity contribution in [2.75, 3.05) is 0 Å². The maximum Gasteiger partial charge on any atom is 0.0557 e. The van der Waals surface area contributed by atoms with E-state index in [1.165, 1.54) is 25.7 Å². The summed E-state index contributed by atoms with van der Waals surface area (Å²) in [6.45, 7) is 2.01. The Labute approximate surface area is 103 Å².